The lowest BCUT2D eigenvalue weighted by atomic mass is 10.1. The van der Waals surface area contributed by atoms with Crippen LogP contribution in [0.5, 0.6) is 0 Å². The van der Waals surface area contributed by atoms with E-state index in [0.29, 0.717) is 11.4 Å². The van der Waals surface area contributed by atoms with Crippen molar-refractivity contribution in [3.05, 3.63) is 53.6 Å². The second kappa shape index (κ2) is 8.02. The second-order valence-corrected chi connectivity index (χ2v) is 7.17. The molecule has 0 aliphatic heterocycles. The molecule has 24 heavy (non-hydrogen) atoms. The molecule has 0 heterocycles. The van der Waals surface area contributed by atoms with Crippen LogP contribution < -0.4 is 10.6 Å². The zero-order valence-electron chi connectivity index (χ0n) is 14.3. The van der Waals surface area contributed by atoms with Gasteiger partial charge in [-0.3, -0.25) is 9.59 Å². The van der Waals surface area contributed by atoms with Gasteiger partial charge in [0.25, 0.3) is 0 Å². The van der Waals surface area contributed by atoms with Crippen molar-refractivity contribution in [2.75, 3.05) is 10.6 Å². The molecule has 2 amide bonds. The molecule has 126 valence electrons. The predicted molar refractivity (Wildman–Crippen MR) is 101 cm³/mol. The molecule has 0 saturated carbocycles. The minimum Gasteiger partial charge on any atom is -0.326 e. The number of carbonyl (C=O) groups is 2. The summed E-state index contributed by atoms with van der Waals surface area (Å²) >= 11 is 1.53. The molecule has 4 nitrogen and oxygen atoms in total. The van der Waals surface area contributed by atoms with Gasteiger partial charge in [-0.05, 0) is 62.2 Å². The predicted octanol–water partition coefficient (Wildman–Crippen LogP) is 4.38. The zero-order chi connectivity index (χ0) is 17.7. The lowest BCUT2D eigenvalue weighted by Gasteiger charge is -2.13. The van der Waals surface area contributed by atoms with Crippen molar-refractivity contribution in [3.63, 3.8) is 0 Å². The highest BCUT2D eigenvalue weighted by Crippen LogP contribution is 2.26. The lowest BCUT2D eigenvalue weighted by Crippen LogP contribution is -2.22. The van der Waals surface area contributed by atoms with Crippen LogP contribution in [0.15, 0.2) is 47.4 Å². The Morgan fingerprint density at radius 2 is 1.62 bits per heavy atom. The first-order valence-corrected chi connectivity index (χ1v) is 8.65. The zero-order valence-corrected chi connectivity index (χ0v) is 15.2. The molecule has 0 aliphatic rings. The summed E-state index contributed by atoms with van der Waals surface area (Å²) in [6.07, 6.45) is 0. The molecular formula is C19H22N2O2S. The fraction of sp³-hybridized carbons (Fsp3) is 0.263. The van der Waals surface area contributed by atoms with E-state index in [-0.39, 0.29) is 17.1 Å². The number of nitrogens with one attached hydrogen (secondary N) is 2. The molecule has 5 heteroatoms. The quantitative estimate of drug-likeness (QED) is 0.793. The summed E-state index contributed by atoms with van der Waals surface area (Å²) in [5.41, 5.74) is 3.79. The van der Waals surface area contributed by atoms with Crippen LogP contribution in [0.4, 0.5) is 11.4 Å². The largest absolute Gasteiger partial charge is 0.326 e. The van der Waals surface area contributed by atoms with Gasteiger partial charge in [0.15, 0.2) is 0 Å². The number of rotatable bonds is 5. The van der Waals surface area contributed by atoms with Crippen LogP contribution in [0.1, 0.15) is 25.0 Å². The summed E-state index contributed by atoms with van der Waals surface area (Å²) in [6, 6.07) is 13.3. The third-order valence-corrected chi connectivity index (χ3v) is 4.70. The molecule has 0 radical (unpaired) electrons. The van der Waals surface area contributed by atoms with E-state index in [2.05, 4.69) is 36.6 Å². The molecule has 1 unspecified atom stereocenters. The van der Waals surface area contributed by atoms with E-state index in [1.165, 1.54) is 29.8 Å². The van der Waals surface area contributed by atoms with E-state index in [4.69, 9.17) is 0 Å². The van der Waals surface area contributed by atoms with Crippen molar-refractivity contribution in [2.24, 2.45) is 0 Å². The number of amides is 2. The van der Waals surface area contributed by atoms with Crippen molar-refractivity contribution in [3.8, 4) is 0 Å². The van der Waals surface area contributed by atoms with Crippen LogP contribution in [0, 0.1) is 13.8 Å². The van der Waals surface area contributed by atoms with Gasteiger partial charge in [-0.15, -0.1) is 11.8 Å². The smallest absolute Gasteiger partial charge is 0.237 e. The van der Waals surface area contributed by atoms with Crippen molar-refractivity contribution in [2.45, 2.75) is 37.8 Å². The van der Waals surface area contributed by atoms with Crippen molar-refractivity contribution in [1.82, 2.24) is 0 Å². The van der Waals surface area contributed by atoms with Crippen molar-refractivity contribution >= 4 is 35.0 Å². The van der Waals surface area contributed by atoms with Crippen molar-refractivity contribution in [1.29, 1.82) is 0 Å². The van der Waals surface area contributed by atoms with Crippen LogP contribution in [0.3, 0.4) is 0 Å². The maximum atomic E-state index is 12.4. The molecule has 2 rings (SSSR count). The van der Waals surface area contributed by atoms with Crippen molar-refractivity contribution < 1.29 is 9.59 Å². The van der Waals surface area contributed by atoms with Gasteiger partial charge in [-0.25, -0.2) is 0 Å². The normalized spacial score (nSPS) is 11.7. The summed E-state index contributed by atoms with van der Waals surface area (Å²) in [5.74, 6) is -0.213. The van der Waals surface area contributed by atoms with Gasteiger partial charge in [-0.1, -0.05) is 12.1 Å². The van der Waals surface area contributed by atoms with Gasteiger partial charge in [0.2, 0.25) is 11.8 Å². The summed E-state index contributed by atoms with van der Waals surface area (Å²) in [7, 11) is 0. The Kier molecular flexibility index (Phi) is 6.04. The van der Waals surface area contributed by atoms with E-state index in [1.807, 2.05) is 13.0 Å². The minimum atomic E-state index is -0.225. The molecule has 0 fully saturated rings. The molecule has 1 atom stereocenters. The van der Waals surface area contributed by atoms with Gasteiger partial charge in [0.1, 0.15) is 0 Å². The van der Waals surface area contributed by atoms with Gasteiger partial charge in [0.05, 0.1) is 5.25 Å². The van der Waals surface area contributed by atoms with Crippen LogP contribution in [0.25, 0.3) is 0 Å². The molecular weight excluding hydrogens is 320 g/mol. The van der Waals surface area contributed by atoms with Gasteiger partial charge < -0.3 is 10.6 Å². The average Bonchev–Trinajstić information content (AvgIpc) is 2.50. The fourth-order valence-electron chi connectivity index (χ4n) is 2.17. The Balaban J connectivity index is 2.00. The first-order valence-electron chi connectivity index (χ1n) is 7.77. The minimum absolute atomic E-state index is 0.0711. The van der Waals surface area contributed by atoms with E-state index in [0.717, 1.165) is 4.90 Å². The maximum Gasteiger partial charge on any atom is 0.237 e. The van der Waals surface area contributed by atoms with E-state index in [1.54, 1.807) is 24.3 Å². The number of hydrogen-bond acceptors (Lipinski definition) is 3. The number of hydrogen-bond donors (Lipinski definition) is 2. The first kappa shape index (κ1) is 18.1. The summed E-state index contributed by atoms with van der Waals surface area (Å²) in [5, 5.41) is 5.37. The fourth-order valence-corrected chi connectivity index (χ4v) is 3.13. The Morgan fingerprint density at radius 3 is 2.25 bits per heavy atom. The number of thioether (sulfide) groups is 1. The molecule has 0 aromatic heterocycles. The molecule has 2 N–H and O–H groups in total. The number of anilines is 2. The Bertz CT molecular complexity index is 759. The first-order chi connectivity index (χ1) is 11.3. The molecule has 0 aliphatic carbocycles. The molecule has 0 bridgehead atoms. The topological polar surface area (TPSA) is 58.2 Å². The van der Waals surface area contributed by atoms with Gasteiger partial charge in [0, 0.05) is 23.2 Å². The highest BCUT2D eigenvalue weighted by atomic mass is 32.2. The Hall–Kier alpha value is -2.27. The van der Waals surface area contributed by atoms with Gasteiger partial charge in [-0.2, -0.15) is 0 Å². The third-order valence-electron chi connectivity index (χ3n) is 3.61. The SMILES string of the molecule is CC(=O)Nc1cccc(NC(=O)C(C)Sc2ccc(C)c(C)c2)c1. The maximum absolute atomic E-state index is 12.4. The number of carbonyl (C=O) groups excluding carboxylic acids is 2. The molecule has 2 aromatic carbocycles. The lowest BCUT2D eigenvalue weighted by molar-refractivity contribution is -0.115. The van der Waals surface area contributed by atoms with Crippen LogP contribution in [-0.4, -0.2) is 17.1 Å². The molecule has 0 saturated heterocycles. The third kappa shape index (κ3) is 5.13. The second-order valence-electron chi connectivity index (χ2n) is 5.76. The molecule has 2 aromatic rings. The standard InChI is InChI=1S/C19H22N2O2S/c1-12-8-9-18(10-13(12)2)24-14(3)19(23)21-17-7-5-6-16(11-17)20-15(4)22/h5-11,14H,1-4H3,(H,20,22)(H,21,23). The van der Waals surface area contributed by atoms with Crippen LogP contribution in [-0.2, 0) is 9.59 Å². The average molecular weight is 342 g/mol. The van der Waals surface area contributed by atoms with Gasteiger partial charge >= 0.3 is 0 Å². The van der Waals surface area contributed by atoms with Crippen LogP contribution >= 0.6 is 11.8 Å². The van der Waals surface area contributed by atoms with Crippen LogP contribution in [0.2, 0.25) is 0 Å². The summed E-state index contributed by atoms with van der Waals surface area (Å²) < 4.78 is 0. The summed E-state index contributed by atoms with van der Waals surface area (Å²) in [6.45, 7) is 7.47. The highest BCUT2D eigenvalue weighted by Gasteiger charge is 2.15. The van der Waals surface area contributed by atoms with E-state index in [9.17, 15) is 9.59 Å². The Morgan fingerprint density at radius 1 is 0.958 bits per heavy atom. The number of benzene rings is 2. The monoisotopic (exact) mass is 342 g/mol. The van der Waals surface area contributed by atoms with E-state index >= 15 is 0 Å². The molecule has 0 spiro atoms. The Labute approximate surface area is 147 Å². The highest BCUT2D eigenvalue weighted by molar-refractivity contribution is 8.00. The summed E-state index contributed by atoms with van der Waals surface area (Å²) in [4.78, 5) is 24.6. The number of aryl methyl sites for hydroxylation is 2. The van der Waals surface area contributed by atoms with E-state index < -0.39 is 0 Å².